The molecule has 30 heavy (non-hydrogen) atoms. The van der Waals surface area contributed by atoms with Gasteiger partial charge >= 0.3 is 5.69 Å². The average molecular weight is 404 g/mol. The van der Waals surface area contributed by atoms with E-state index in [1.54, 1.807) is 4.40 Å². The van der Waals surface area contributed by atoms with Gasteiger partial charge in [-0.25, -0.2) is 13.9 Å². The molecule has 154 valence electrons. The predicted octanol–water partition coefficient (Wildman–Crippen LogP) is 3.47. The van der Waals surface area contributed by atoms with E-state index in [-0.39, 0.29) is 11.6 Å². The summed E-state index contributed by atoms with van der Waals surface area (Å²) in [4.78, 5) is 25.6. The monoisotopic (exact) mass is 404 g/mol. The minimum absolute atomic E-state index is 0.183. The Morgan fingerprint density at radius 2 is 2.00 bits per heavy atom. The summed E-state index contributed by atoms with van der Waals surface area (Å²) in [5, 5.41) is 8.40. The van der Waals surface area contributed by atoms with Gasteiger partial charge in [-0.1, -0.05) is 12.1 Å². The Kier molecular flexibility index (Phi) is 4.27. The van der Waals surface area contributed by atoms with Crippen LogP contribution in [-0.4, -0.2) is 26.6 Å². The lowest BCUT2D eigenvalue weighted by Gasteiger charge is -2.04. The van der Waals surface area contributed by atoms with Crippen LogP contribution in [0.5, 0.6) is 0 Å². The fraction of sp³-hybridized carbons (Fsp3) is 0.348. The summed E-state index contributed by atoms with van der Waals surface area (Å²) >= 11 is 0. The lowest BCUT2D eigenvalue weighted by molar-refractivity contribution is 0.0950. The lowest BCUT2D eigenvalue weighted by atomic mass is 10.1. The number of pyridine rings is 1. The summed E-state index contributed by atoms with van der Waals surface area (Å²) in [6.07, 6.45) is 2.25. The van der Waals surface area contributed by atoms with Crippen LogP contribution in [0, 0.1) is 20.8 Å². The van der Waals surface area contributed by atoms with Crippen LogP contribution in [0.15, 0.2) is 39.5 Å². The molecule has 5 rings (SSSR count). The minimum atomic E-state index is -0.200. The molecule has 0 atom stereocenters. The summed E-state index contributed by atoms with van der Waals surface area (Å²) < 4.78 is 8.79. The number of rotatable bonds is 5. The van der Waals surface area contributed by atoms with Crippen LogP contribution in [0.25, 0.3) is 16.6 Å². The van der Waals surface area contributed by atoms with Crippen LogP contribution < -0.4 is 11.0 Å². The van der Waals surface area contributed by atoms with Crippen LogP contribution in [0.1, 0.15) is 51.8 Å². The second kappa shape index (κ2) is 6.86. The molecule has 3 aromatic heterocycles. The largest absolute Gasteiger partial charge is 0.465 e. The highest BCUT2D eigenvalue weighted by Crippen LogP contribution is 2.41. The number of benzene rings is 1. The molecule has 0 saturated heterocycles. The van der Waals surface area contributed by atoms with Crippen molar-refractivity contribution in [2.45, 2.75) is 46.1 Å². The van der Waals surface area contributed by atoms with Gasteiger partial charge in [0.15, 0.2) is 5.65 Å². The molecule has 7 nitrogen and oxygen atoms in total. The third-order valence-electron chi connectivity index (χ3n) is 5.76. The highest BCUT2D eigenvalue weighted by Gasteiger charge is 2.29. The van der Waals surface area contributed by atoms with E-state index in [0.717, 1.165) is 40.6 Å². The Morgan fingerprint density at radius 3 is 2.77 bits per heavy atom. The standard InChI is InChI=1S/C23H24N4O3/c1-13-4-5-17-11-14(2)21-25-26(23(29)27(21)19(17)10-13)9-8-24-22(28)18-12-20(16-6-7-16)30-15(18)3/h4-5,10-12,16H,6-9H2,1-3H3,(H,24,28). The number of furan rings is 1. The number of nitrogens with zero attached hydrogens (tertiary/aromatic N) is 3. The second-order valence-corrected chi connectivity index (χ2v) is 8.20. The van der Waals surface area contributed by atoms with Crippen molar-refractivity contribution in [3.8, 4) is 0 Å². The van der Waals surface area contributed by atoms with Gasteiger partial charge in [0, 0.05) is 12.5 Å². The Labute approximate surface area is 173 Å². The summed E-state index contributed by atoms with van der Waals surface area (Å²) in [5.74, 6) is 1.81. The first-order valence-electron chi connectivity index (χ1n) is 10.3. The van der Waals surface area contributed by atoms with E-state index in [0.29, 0.717) is 36.0 Å². The molecule has 3 heterocycles. The number of aromatic nitrogens is 3. The van der Waals surface area contributed by atoms with Crippen LogP contribution >= 0.6 is 0 Å². The molecule has 1 N–H and O–H groups in total. The molecule has 1 fully saturated rings. The first-order valence-corrected chi connectivity index (χ1v) is 10.3. The van der Waals surface area contributed by atoms with Gasteiger partial charge in [0.2, 0.25) is 0 Å². The molecule has 7 heteroatoms. The zero-order valence-corrected chi connectivity index (χ0v) is 17.4. The van der Waals surface area contributed by atoms with Gasteiger partial charge in [0.05, 0.1) is 17.6 Å². The number of amides is 1. The van der Waals surface area contributed by atoms with Crippen molar-refractivity contribution in [1.82, 2.24) is 19.5 Å². The Balaban J connectivity index is 1.38. The van der Waals surface area contributed by atoms with Crippen molar-refractivity contribution in [1.29, 1.82) is 0 Å². The van der Waals surface area contributed by atoms with Crippen LogP contribution in [0.4, 0.5) is 0 Å². The van der Waals surface area contributed by atoms with Gasteiger partial charge in [-0.05, 0) is 68.3 Å². The van der Waals surface area contributed by atoms with E-state index in [4.69, 9.17) is 4.42 Å². The topological polar surface area (TPSA) is 81.5 Å². The van der Waals surface area contributed by atoms with E-state index in [1.165, 1.54) is 4.68 Å². The van der Waals surface area contributed by atoms with Gasteiger partial charge in [-0.2, -0.15) is 0 Å². The smallest absolute Gasteiger partial charge is 0.350 e. The molecule has 0 spiro atoms. The zero-order valence-electron chi connectivity index (χ0n) is 17.4. The highest BCUT2D eigenvalue weighted by atomic mass is 16.3. The van der Waals surface area contributed by atoms with Gasteiger partial charge in [0.25, 0.3) is 5.91 Å². The van der Waals surface area contributed by atoms with Crippen molar-refractivity contribution < 1.29 is 9.21 Å². The first-order chi connectivity index (χ1) is 14.4. The molecule has 0 bridgehead atoms. The quantitative estimate of drug-likeness (QED) is 0.552. The number of hydrogen-bond acceptors (Lipinski definition) is 4. The average Bonchev–Trinajstić information content (AvgIpc) is 3.41. The van der Waals surface area contributed by atoms with E-state index >= 15 is 0 Å². The van der Waals surface area contributed by atoms with Gasteiger partial charge in [-0.15, -0.1) is 5.10 Å². The zero-order chi connectivity index (χ0) is 21.0. The number of aryl methyl sites for hydroxylation is 3. The molecular weight excluding hydrogens is 380 g/mol. The Hall–Kier alpha value is -3.35. The highest BCUT2D eigenvalue weighted by molar-refractivity contribution is 5.95. The van der Waals surface area contributed by atoms with E-state index in [1.807, 2.05) is 51.1 Å². The molecule has 1 amide bonds. The molecule has 1 aliphatic rings. The van der Waals surface area contributed by atoms with Gasteiger partial charge in [0.1, 0.15) is 11.5 Å². The van der Waals surface area contributed by atoms with E-state index < -0.39 is 0 Å². The summed E-state index contributed by atoms with van der Waals surface area (Å²) in [7, 11) is 0. The van der Waals surface area contributed by atoms with Crippen molar-refractivity contribution in [3.05, 3.63) is 69.0 Å². The number of carbonyl (C=O) groups is 1. The number of fused-ring (bicyclic) bond motifs is 3. The number of carbonyl (C=O) groups excluding carboxylic acids is 1. The summed E-state index contributed by atoms with van der Waals surface area (Å²) in [5.41, 5.74) is 3.88. The molecule has 1 aliphatic carbocycles. The molecule has 4 aromatic rings. The predicted molar refractivity (Wildman–Crippen MR) is 114 cm³/mol. The number of hydrogen-bond donors (Lipinski definition) is 1. The first kappa shape index (κ1) is 18.7. The molecule has 1 aromatic carbocycles. The normalized spacial score (nSPS) is 14.0. The van der Waals surface area contributed by atoms with Crippen LogP contribution in [-0.2, 0) is 6.54 Å². The third-order valence-corrected chi connectivity index (χ3v) is 5.76. The lowest BCUT2D eigenvalue weighted by Crippen LogP contribution is -2.31. The van der Waals surface area contributed by atoms with Crippen LogP contribution in [0.2, 0.25) is 0 Å². The summed E-state index contributed by atoms with van der Waals surface area (Å²) in [6.45, 7) is 6.37. The maximum Gasteiger partial charge on any atom is 0.350 e. The second-order valence-electron chi connectivity index (χ2n) is 8.20. The van der Waals surface area contributed by atoms with Gasteiger partial charge in [-0.3, -0.25) is 4.79 Å². The Morgan fingerprint density at radius 1 is 1.20 bits per heavy atom. The minimum Gasteiger partial charge on any atom is -0.465 e. The van der Waals surface area contributed by atoms with E-state index in [9.17, 15) is 9.59 Å². The SMILES string of the molecule is Cc1ccc2cc(C)c3nn(CCNC(=O)c4cc(C5CC5)oc4C)c(=O)n3c2c1. The fourth-order valence-corrected chi connectivity index (χ4v) is 3.96. The van der Waals surface area contributed by atoms with Crippen molar-refractivity contribution >= 4 is 22.5 Å². The maximum absolute atomic E-state index is 13.0. The molecular formula is C23H24N4O3. The number of nitrogens with one attached hydrogen (secondary N) is 1. The fourth-order valence-electron chi connectivity index (χ4n) is 3.96. The molecule has 0 aliphatic heterocycles. The van der Waals surface area contributed by atoms with E-state index in [2.05, 4.69) is 10.4 Å². The third kappa shape index (κ3) is 3.10. The Bertz CT molecular complexity index is 1350. The molecule has 1 saturated carbocycles. The summed E-state index contributed by atoms with van der Waals surface area (Å²) in [6, 6.07) is 9.94. The van der Waals surface area contributed by atoms with Gasteiger partial charge < -0.3 is 9.73 Å². The molecule has 0 radical (unpaired) electrons. The van der Waals surface area contributed by atoms with Crippen molar-refractivity contribution in [3.63, 3.8) is 0 Å². The molecule has 0 unspecified atom stereocenters. The maximum atomic E-state index is 13.0. The van der Waals surface area contributed by atoms with Crippen LogP contribution in [0.3, 0.4) is 0 Å². The van der Waals surface area contributed by atoms with Crippen molar-refractivity contribution in [2.75, 3.05) is 6.54 Å². The van der Waals surface area contributed by atoms with Crippen molar-refractivity contribution in [2.24, 2.45) is 0 Å².